The maximum Gasteiger partial charge on any atom is 0.253 e. The predicted octanol–water partition coefficient (Wildman–Crippen LogP) is 2.24. The van der Waals surface area contributed by atoms with Crippen molar-refractivity contribution in [3.8, 4) is 11.3 Å². The number of benzene rings is 1. The van der Waals surface area contributed by atoms with Crippen molar-refractivity contribution in [1.82, 2.24) is 10.3 Å². The summed E-state index contributed by atoms with van der Waals surface area (Å²) >= 11 is 0. The van der Waals surface area contributed by atoms with Gasteiger partial charge in [0.05, 0.1) is 23.0 Å². The third-order valence-corrected chi connectivity index (χ3v) is 3.80. The molecule has 1 atom stereocenters. The van der Waals surface area contributed by atoms with Gasteiger partial charge in [0, 0.05) is 24.9 Å². The third kappa shape index (κ3) is 3.09. The van der Waals surface area contributed by atoms with E-state index in [9.17, 15) is 4.79 Å². The zero-order valence-electron chi connectivity index (χ0n) is 12.3. The summed E-state index contributed by atoms with van der Waals surface area (Å²) in [5, 5.41) is 2.89. The number of ether oxygens (including phenoxy) is 1. The third-order valence-electron chi connectivity index (χ3n) is 3.80. The molecule has 0 unspecified atom stereocenters. The number of hydrogen-bond donors (Lipinski definition) is 2. The number of anilines is 1. The van der Waals surface area contributed by atoms with Gasteiger partial charge in [0.1, 0.15) is 0 Å². The molecule has 1 aromatic carbocycles. The Bertz CT molecular complexity index is 652. The van der Waals surface area contributed by atoms with Gasteiger partial charge in [-0.1, -0.05) is 30.3 Å². The summed E-state index contributed by atoms with van der Waals surface area (Å²) in [6, 6.07) is 11.3. The van der Waals surface area contributed by atoms with Crippen LogP contribution in [0.15, 0.2) is 42.6 Å². The Hall–Kier alpha value is -2.40. The van der Waals surface area contributed by atoms with E-state index in [-0.39, 0.29) is 12.0 Å². The monoisotopic (exact) mass is 297 g/mol. The van der Waals surface area contributed by atoms with Crippen LogP contribution < -0.4 is 11.1 Å². The highest BCUT2D eigenvalue weighted by Crippen LogP contribution is 2.26. The van der Waals surface area contributed by atoms with Crippen LogP contribution in [-0.4, -0.2) is 30.1 Å². The Kier molecular flexibility index (Phi) is 4.34. The van der Waals surface area contributed by atoms with Gasteiger partial charge >= 0.3 is 0 Å². The summed E-state index contributed by atoms with van der Waals surface area (Å²) < 4.78 is 5.50. The maximum absolute atomic E-state index is 12.3. The van der Waals surface area contributed by atoms with Crippen molar-refractivity contribution in [2.45, 2.75) is 18.9 Å². The summed E-state index contributed by atoms with van der Waals surface area (Å²) in [5.41, 5.74) is 8.52. The summed E-state index contributed by atoms with van der Waals surface area (Å²) in [6.45, 7) is 1.29. The van der Waals surface area contributed by atoms with Crippen molar-refractivity contribution in [3.05, 3.63) is 48.2 Å². The van der Waals surface area contributed by atoms with Gasteiger partial charge in [-0.25, -0.2) is 0 Å². The number of carbonyl (C=O) groups is 1. The number of amides is 1. The number of nitrogens with two attached hydrogens (primary N) is 1. The quantitative estimate of drug-likeness (QED) is 0.907. The molecule has 1 aliphatic heterocycles. The second-order valence-electron chi connectivity index (χ2n) is 5.33. The second kappa shape index (κ2) is 6.58. The summed E-state index contributed by atoms with van der Waals surface area (Å²) in [6.07, 6.45) is 3.76. The van der Waals surface area contributed by atoms with E-state index in [0.717, 1.165) is 25.0 Å². The Morgan fingerprint density at radius 3 is 2.86 bits per heavy atom. The van der Waals surface area contributed by atoms with Gasteiger partial charge in [0.15, 0.2) is 0 Å². The van der Waals surface area contributed by atoms with Crippen molar-refractivity contribution in [2.24, 2.45) is 0 Å². The Labute approximate surface area is 129 Å². The first kappa shape index (κ1) is 14.5. The molecule has 1 aliphatic rings. The fourth-order valence-electron chi connectivity index (χ4n) is 2.60. The van der Waals surface area contributed by atoms with E-state index in [1.54, 1.807) is 12.3 Å². The molecule has 0 aliphatic carbocycles. The minimum atomic E-state index is -0.187. The fourth-order valence-corrected chi connectivity index (χ4v) is 2.60. The van der Waals surface area contributed by atoms with Crippen LogP contribution in [0, 0.1) is 0 Å². The van der Waals surface area contributed by atoms with Crippen molar-refractivity contribution in [3.63, 3.8) is 0 Å². The lowest BCUT2D eigenvalue weighted by Gasteiger charge is -2.13. The van der Waals surface area contributed by atoms with Gasteiger partial charge in [-0.2, -0.15) is 0 Å². The Balaban J connectivity index is 1.77. The van der Waals surface area contributed by atoms with Gasteiger partial charge in [-0.05, 0) is 18.9 Å². The molecular weight excluding hydrogens is 278 g/mol. The SMILES string of the molecule is Nc1c(C(=O)NC[C@@H]2CCCO2)ccnc1-c1ccccc1. The highest BCUT2D eigenvalue weighted by molar-refractivity contribution is 6.01. The van der Waals surface area contributed by atoms with Crippen LogP contribution in [0.5, 0.6) is 0 Å². The number of nitrogens with zero attached hydrogens (tertiary/aromatic N) is 1. The van der Waals surface area contributed by atoms with E-state index >= 15 is 0 Å². The fraction of sp³-hybridized carbons (Fsp3) is 0.294. The van der Waals surface area contributed by atoms with E-state index < -0.39 is 0 Å². The van der Waals surface area contributed by atoms with Crippen molar-refractivity contribution < 1.29 is 9.53 Å². The second-order valence-corrected chi connectivity index (χ2v) is 5.33. The minimum absolute atomic E-state index is 0.112. The number of hydrogen-bond acceptors (Lipinski definition) is 4. The molecule has 0 radical (unpaired) electrons. The first-order valence-electron chi connectivity index (χ1n) is 7.45. The molecule has 5 heteroatoms. The number of pyridine rings is 1. The standard InChI is InChI=1S/C17H19N3O2/c18-15-14(17(21)20-11-13-7-4-10-22-13)8-9-19-16(15)12-5-2-1-3-6-12/h1-3,5-6,8-9,13H,4,7,10-11,18H2,(H,20,21)/t13-/m0/s1. The lowest BCUT2D eigenvalue weighted by molar-refractivity contribution is 0.0858. The number of aromatic nitrogens is 1. The first-order valence-corrected chi connectivity index (χ1v) is 7.45. The van der Waals surface area contributed by atoms with Gasteiger partial charge in [-0.3, -0.25) is 9.78 Å². The highest BCUT2D eigenvalue weighted by atomic mass is 16.5. The molecule has 3 N–H and O–H groups in total. The van der Waals surface area contributed by atoms with Crippen molar-refractivity contribution in [1.29, 1.82) is 0 Å². The lowest BCUT2D eigenvalue weighted by atomic mass is 10.1. The molecule has 1 amide bonds. The number of carbonyl (C=O) groups excluding carboxylic acids is 1. The minimum Gasteiger partial charge on any atom is -0.396 e. The molecular formula is C17H19N3O2. The molecule has 114 valence electrons. The summed E-state index contributed by atoms with van der Waals surface area (Å²) in [7, 11) is 0. The summed E-state index contributed by atoms with van der Waals surface area (Å²) in [5.74, 6) is -0.187. The molecule has 1 aromatic heterocycles. The lowest BCUT2D eigenvalue weighted by Crippen LogP contribution is -2.32. The summed E-state index contributed by atoms with van der Waals surface area (Å²) in [4.78, 5) is 16.6. The average Bonchev–Trinajstić information content (AvgIpc) is 3.07. The van der Waals surface area contributed by atoms with Crippen molar-refractivity contribution in [2.75, 3.05) is 18.9 Å². The van der Waals surface area contributed by atoms with Crippen LogP contribution in [0.4, 0.5) is 5.69 Å². The van der Waals surface area contributed by atoms with Gasteiger partial charge in [0.25, 0.3) is 5.91 Å². The Morgan fingerprint density at radius 2 is 2.14 bits per heavy atom. The van der Waals surface area contributed by atoms with Crippen LogP contribution in [0.25, 0.3) is 11.3 Å². The molecule has 1 fully saturated rings. The molecule has 22 heavy (non-hydrogen) atoms. The van der Waals surface area contributed by atoms with E-state index in [0.29, 0.717) is 23.5 Å². The van der Waals surface area contributed by atoms with Crippen LogP contribution in [0.3, 0.4) is 0 Å². The molecule has 2 heterocycles. The van der Waals surface area contributed by atoms with E-state index in [2.05, 4.69) is 10.3 Å². The smallest absolute Gasteiger partial charge is 0.253 e. The number of nitrogens with one attached hydrogen (secondary N) is 1. The van der Waals surface area contributed by atoms with E-state index in [4.69, 9.17) is 10.5 Å². The van der Waals surface area contributed by atoms with E-state index in [1.165, 1.54) is 0 Å². The van der Waals surface area contributed by atoms with Crippen molar-refractivity contribution >= 4 is 11.6 Å². The zero-order valence-corrected chi connectivity index (χ0v) is 12.3. The molecule has 3 rings (SSSR count). The zero-order chi connectivity index (χ0) is 15.4. The van der Waals surface area contributed by atoms with Crippen LogP contribution in [-0.2, 0) is 4.74 Å². The molecule has 0 spiro atoms. The maximum atomic E-state index is 12.3. The highest BCUT2D eigenvalue weighted by Gasteiger charge is 2.19. The molecule has 1 saturated heterocycles. The van der Waals surface area contributed by atoms with Gasteiger partial charge in [-0.15, -0.1) is 0 Å². The number of nitrogen functional groups attached to an aromatic ring is 1. The molecule has 2 aromatic rings. The molecule has 5 nitrogen and oxygen atoms in total. The van der Waals surface area contributed by atoms with Crippen LogP contribution in [0.2, 0.25) is 0 Å². The normalized spacial score (nSPS) is 17.4. The topological polar surface area (TPSA) is 77.2 Å². The van der Waals surface area contributed by atoms with Crippen LogP contribution in [0.1, 0.15) is 23.2 Å². The van der Waals surface area contributed by atoms with Crippen LogP contribution >= 0.6 is 0 Å². The largest absolute Gasteiger partial charge is 0.396 e. The molecule has 0 saturated carbocycles. The van der Waals surface area contributed by atoms with Gasteiger partial charge < -0.3 is 15.8 Å². The predicted molar refractivity (Wildman–Crippen MR) is 85.4 cm³/mol. The average molecular weight is 297 g/mol. The Morgan fingerprint density at radius 1 is 1.32 bits per heavy atom. The first-order chi connectivity index (χ1) is 10.8. The molecule has 0 bridgehead atoms. The van der Waals surface area contributed by atoms with Gasteiger partial charge in [0.2, 0.25) is 0 Å². The van der Waals surface area contributed by atoms with E-state index in [1.807, 2.05) is 30.3 Å². The number of rotatable bonds is 4.